The lowest BCUT2D eigenvalue weighted by molar-refractivity contribution is 0.0976. The van der Waals surface area contributed by atoms with Gasteiger partial charge in [0, 0.05) is 12.5 Å². The van der Waals surface area contributed by atoms with E-state index < -0.39 is 0 Å². The van der Waals surface area contributed by atoms with Gasteiger partial charge in [-0.15, -0.1) is 0 Å². The first-order chi connectivity index (χ1) is 9.19. The summed E-state index contributed by atoms with van der Waals surface area (Å²) in [6.45, 7) is 4.78. The molecule has 0 aliphatic rings. The second-order valence-corrected chi connectivity index (χ2v) is 4.76. The molecule has 0 fully saturated rings. The maximum atomic E-state index is 12.0. The summed E-state index contributed by atoms with van der Waals surface area (Å²) in [4.78, 5) is 12.0. The number of ether oxygens (including phenoxy) is 1. The third-order valence-electron chi connectivity index (χ3n) is 3.00. The van der Waals surface area contributed by atoms with Crippen molar-refractivity contribution in [1.29, 1.82) is 0 Å². The second-order valence-electron chi connectivity index (χ2n) is 4.76. The molecule has 0 aromatic heterocycles. The smallest absolute Gasteiger partial charge is 0.166 e. The van der Waals surface area contributed by atoms with E-state index in [-0.39, 0.29) is 11.5 Å². The van der Waals surface area contributed by atoms with Crippen molar-refractivity contribution in [3.8, 4) is 11.5 Å². The van der Waals surface area contributed by atoms with Crippen LogP contribution in [-0.2, 0) is 0 Å². The molecule has 19 heavy (non-hydrogen) atoms. The predicted octanol–water partition coefficient (Wildman–Crippen LogP) is 4.33. The van der Waals surface area contributed by atoms with Crippen molar-refractivity contribution in [3.63, 3.8) is 0 Å². The number of rotatable bonds is 9. The van der Waals surface area contributed by atoms with Crippen LogP contribution in [0.3, 0.4) is 0 Å². The number of hydrogen-bond donors (Lipinski definition) is 1. The van der Waals surface area contributed by atoms with Crippen LogP contribution in [0.25, 0.3) is 0 Å². The first-order valence-corrected chi connectivity index (χ1v) is 7.18. The van der Waals surface area contributed by atoms with Crippen LogP contribution in [0.5, 0.6) is 11.5 Å². The van der Waals surface area contributed by atoms with E-state index in [4.69, 9.17) is 4.74 Å². The molecule has 0 aliphatic carbocycles. The number of Topliss-reactive ketones (excluding diaryl/α,β-unsaturated/α-hetero) is 1. The van der Waals surface area contributed by atoms with Crippen molar-refractivity contribution >= 4 is 5.78 Å². The highest BCUT2D eigenvalue weighted by molar-refractivity contribution is 5.98. The molecule has 1 rings (SSSR count). The Kier molecular flexibility index (Phi) is 7.01. The Morgan fingerprint density at radius 2 is 1.95 bits per heavy atom. The molecule has 0 spiro atoms. The average Bonchev–Trinajstić information content (AvgIpc) is 2.41. The Balaban J connectivity index is 2.55. The van der Waals surface area contributed by atoms with Gasteiger partial charge in [-0.25, -0.2) is 0 Å². The summed E-state index contributed by atoms with van der Waals surface area (Å²) < 4.78 is 5.41. The largest absolute Gasteiger partial charge is 0.507 e. The van der Waals surface area contributed by atoms with Gasteiger partial charge in [0.05, 0.1) is 12.2 Å². The van der Waals surface area contributed by atoms with E-state index in [2.05, 4.69) is 6.92 Å². The lowest BCUT2D eigenvalue weighted by Gasteiger charge is -2.08. The van der Waals surface area contributed by atoms with Crippen LogP contribution in [0.15, 0.2) is 18.2 Å². The van der Waals surface area contributed by atoms with Crippen LogP contribution in [0, 0.1) is 0 Å². The number of hydrogen-bond acceptors (Lipinski definition) is 3. The van der Waals surface area contributed by atoms with Crippen molar-refractivity contribution < 1.29 is 14.6 Å². The van der Waals surface area contributed by atoms with Gasteiger partial charge in [0.15, 0.2) is 5.78 Å². The molecule has 0 amide bonds. The minimum atomic E-state index is 0.00986. The number of phenols is 1. The minimum Gasteiger partial charge on any atom is -0.507 e. The molecular formula is C16H24O3. The van der Waals surface area contributed by atoms with Crippen LogP contribution in [0.2, 0.25) is 0 Å². The van der Waals surface area contributed by atoms with Crippen molar-refractivity contribution in [2.24, 2.45) is 0 Å². The van der Waals surface area contributed by atoms with Crippen LogP contribution in [-0.4, -0.2) is 17.5 Å². The standard InChI is InChI=1S/C16H24O3/c1-3-5-6-7-8-15(17)14-10-9-13(12-16(14)18)19-11-4-2/h9-10,12,18H,3-8,11H2,1-2H3. The van der Waals surface area contributed by atoms with Crippen molar-refractivity contribution in [2.45, 2.75) is 52.4 Å². The van der Waals surface area contributed by atoms with E-state index in [1.54, 1.807) is 12.1 Å². The quantitative estimate of drug-likeness (QED) is 0.533. The number of benzene rings is 1. The normalized spacial score (nSPS) is 10.4. The lowest BCUT2D eigenvalue weighted by Crippen LogP contribution is -2.01. The van der Waals surface area contributed by atoms with Crippen molar-refractivity contribution in [2.75, 3.05) is 6.61 Å². The fourth-order valence-corrected chi connectivity index (χ4v) is 1.90. The van der Waals surface area contributed by atoms with Gasteiger partial charge in [0.2, 0.25) is 0 Å². The summed E-state index contributed by atoms with van der Waals surface area (Å²) in [7, 11) is 0. The zero-order valence-corrected chi connectivity index (χ0v) is 11.9. The number of carbonyl (C=O) groups excluding carboxylic acids is 1. The molecule has 0 atom stereocenters. The second kappa shape index (κ2) is 8.57. The van der Waals surface area contributed by atoms with E-state index in [0.29, 0.717) is 24.3 Å². The fourth-order valence-electron chi connectivity index (χ4n) is 1.90. The number of aromatic hydroxyl groups is 1. The Bertz CT molecular complexity index is 399. The highest BCUT2D eigenvalue weighted by Crippen LogP contribution is 2.25. The van der Waals surface area contributed by atoms with Gasteiger partial charge in [-0.2, -0.15) is 0 Å². The van der Waals surface area contributed by atoms with Gasteiger partial charge >= 0.3 is 0 Å². The molecule has 106 valence electrons. The molecule has 0 unspecified atom stereocenters. The third-order valence-corrected chi connectivity index (χ3v) is 3.00. The fraction of sp³-hybridized carbons (Fsp3) is 0.562. The molecule has 0 heterocycles. The monoisotopic (exact) mass is 264 g/mol. The summed E-state index contributed by atoms with van der Waals surface area (Å²) in [5.74, 6) is 0.645. The summed E-state index contributed by atoms with van der Waals surface area (Å²) >= 11 is 0. The van der Waals surface area contributed by atoms with Gasteiger partial charge in [-0.3, -0.25) is 4.79 Å². The minimum absolute atomic E-state index is 0.00986. The van der Waals surface area contributed by atoms with Crippen molar-refractivity contribution in [3.05, 3.63) is 23.8 Å². The molecule has 3 nitrogen and oxygen atoms in total. The third kappa shape index (κ3) is 5.33. The van der Waals surface area contributed by atoms with E-state index >= 15 is 0 Å². The number of carbonyl (C=O) groups is 1. The van der Waals surface area contributed by atoms with E-state index in [9.17, 15) is 9.90 Å². The Morgan fingerprint density at radius 3 is 2.58 bits per heavy atom. The molecule has 0 bridgehead atoms. The first kappa shape index (κ1) is 15.5. The number of ketones is 1. The Hall–Kier alpha value is -1.51. The van der Waals surface area contributed by atoms with Crippen LogP contribution >= 0.6 is 0 Å². The predicted molar refractivity (Wildman–Crippen MR) is 77.0 cm³/mol. The molecule has 0 aliphatic heterocycles. The van der Waals surface area contributed by atoms with Gasteiger partial charge in [-0.1, -0.05) is 33.1 Å². The van der Waals surface area contributed by atoms with E-state index in [1.807, 2.05) is 6.92 Å². The molecule has 0 saturated heterocycles. The van der Waals surface area contributed by atoms with Crippen LogP contribution < -0.4 is 4.74 Å². The Morgan fingerprint density at radius 1 is 1.16 bits per heavy atom. The lowest BCUT2D eigenvalue weighted by atomic mass is 10.0. The highest BCUT2D eigenvalue weighted by atomic mass is 16.5. The molecule has 0 radical (unpaired) electrons. The summed E-state index contributed by atoms with van der Waals surface area (Å²) in [6, 6.07) is 4.92. The van der Waals surface area contributed by atoms with Gasteiger partial charge < -0.3 is 9.84 Å². The zero-order valence-electron chi connectivity index (χ0n) is 11.9. The van der Waals surface area contributed by atoms with E-state index in [1.165, 1.54) is 6.07 Å². The summed E-state index contributed by atoms with van der Waals surface area (Å²) in [6.07, 6.45) is 5.69. The molecule has 0 saturated carbocycles. The van der Waals surface area contributed by atoms with Gasteiger partial charge in [0.1, 0.15) is 11.5 Å². The van der Waals surface area contributed by atoms with Crippen molar-refractivity contribution in [1.82, 2.24) is 0 Å². The zero-order chi connectivity index (χ0) is 14.1. The highest BCUT2D eigenvalue weighted by Gasteiger charge is 2.11. The Labute approximate surface area is 115 Å². The molecule has 1 aromatic rings. The summed E-state index contributed by atoms with van der Waals surface area (Å²) in [5.41, 5.74) is 0.403. The molecule has 1 N–H and O–H groups in total. The van der Waals surface area contributed by atoms with Crippen LogP contribution in [0.4, 0.5) is 0 Å². The average molecular weight is 264 g/mol. The first-order valence-electron chi connectivity index (χ1n) is 7.18. The van der Waals surface area contributed by atoms with Gasteiger partial charge in [-0.05, 0) is 25.0 Å². The molecule has 1 aromatic carbocycles. The topological polar surface area (TPSA) is 46.5 Å². The maximum Gasteiger partial charge on any atom is 0.166 e. The SMILES string of the molecule is CCCCCCC(=O)c1ccc(OCCC)cc1O. The maximum absolute atomic E-state index is 12.0. The van der Waals surface area contributed by atoms with E-state index in [0.717, 1.165) is 32.1 Å². The van der Waals surface area contributed by atoms with Gasteiger partial charge in [0.25, 0.3) is 0 Å². The molecular weight excluding hydrogens is 240 g/mol. The number of phenolic OH excluding ortho intramolecular Hbond substituents is 1. The molecule has 3 heteroatoms. The number of unbranched alkanes of at least 4 members (excludes halogenated alkanes) is 3. The van der Waals surface area contributed by atoms with Crippen LogP contribution in [0.1, 0.15) is 62.7 Å². The summed E-state index contributed by atoms with van der Waals surface area (Å²) in [5, 5.41) is 9.86.